The molecule has 2 nitrogen and oxygen atoms in total. The van der Waals surface area contributed by atoms with E-state index in [4.69, 9.17) is 5.26 Å². The quantitative estimate of drug-likeness (QED) is 0.736. The molecule has 3 heteroatoms. The third-order valence-corrected chi connectivity index (χ3v) is 2.83. The zero-order valence-electron chi connectivity index (χ0n) is 7.06. The van der Waals surface area contributed by atoms with Gasteiger partial charge in [-0.2, -0.15) is 5.26 Å². The standard InChI is InChI=1S/C9H9BrN2/c1-3-8-6(2)9(10)7(4-11)5-12-8/h5H,3H2,1-2H3. The molecule has 0 N–H and O–H groups in total. The van der Waals surface area contributed by atoms with Crippen molar-refractivity contribution in [3.05, 3.63) is 27.5 Å². The molecule has 1 aromatic heterocycles. The highest BCUT2D eigenvalue weighted by Crippen LogP contribution is 2.22. The fraction of sp³-hybridized carbons (Fsp3) is 0.333. The number of nitriles is 1. The molecular formula is C9H9BrN2. The van der Waals surface area contributed by atoms with Crippen molar-refractivity contribution >= 4 is 15.9 Å². The molecule has 0 radical (unpaired) electrons. The number of pyridine rings is 1. The van der Waals surface area contributed by atoms with Gasteiger partial charge in [-0.15, -0.1) is 0 Å². The molecule has 0 unspecified atom stereocenters. The second-order valence-electron chi connectivity index (χ2n) is 2.52. The van der Waals surface area contributed by atoms with Crippen LogP contribution in [0.25, 0.3) is 0 Å². The lowest BCUT2D eigenvalue weighted by Crippen LogP contribution is -1.94. The monoisotopic (exact) mass is 224 g/mol. The van der Waals surface area contributed by atoms with Crippen LogP contribution in [-0.2, 0) is 6.42 Å². The van der Waals surface area contributed by atoms with Crippen LogP contribution < -0.4 is 0 Å². The number of aryl methyl sites for hydroxylation is 1. The molecule has 0 atom stereocenters. The summed E-state index contributed by atoms with van der Waals surface area (Å²) in [4.78, 5) is 4.18. The van der Waals surface area contributed by atoms with Gasteiger partial charge in [-0.3, -0.25) is 4.98 Å². The summed E-state index contributed by atoms with van der Waals surface area (Å²) in [6.07, 6.45) is 2.51. The van der Waals surface area contributed by atoms with Gasteiger partial charge in [0.15, 0.2) is 0 Å². The van der Waals surface area contributed by atoms with Crippen LogP contribution in [0.15, 0.2) is 10.7 Å². The molecule has 0 saturated carbocycles. The van der Waals surface area contributed by atoms with E-state index in [2.05, 4.69) is 27.0 Å². The lowest BCUT2D eigenvalue weighted by atomic mass is 10.1. The Hall–Kier alpha value is -0.880. The van der Waals surface area contributed by atoms with Gasteiger partial charge in [0.05, 0.1) is 5.56 Å². The van der Waals surface area contributed by atoms with Crippen molar-refractivity contribution < 1.29 is 0 Å². The number of hydrogen-bond acceptors (Lipinski definition) is 2. The van der Waals surface area contributed by atoms with Gasteiger partial charge < -0.3 is 0 Å². The van der Waals surface area contributed by atoms with Crippen molar-refractivity contribution in [1.82, 2.24) is 4.98 Å². The van der Waals surface area contributed by atoms with Gasteiger partial charge in [-0.25, -0.2) is 0 Å². The number of hydrogen-bond donors (Lipinski definition) is 0. The van der Waals surface area contributed by atoms with E-state index in [0.717, 1.165) is 22.2 Å². The fourth-order valence-electron chi connectivity index (χ4n) is 1.06. The molecule has 0 aliphatic heterocycles. The third-order valence-electron chi connectivity index (χ3n) is 1.80. The average molecular weight is 225 g/mol. The van der Waals surface area contributed by atoms with E-state index in [-0.39, 0.29) is 0 Å². The highest BCUT2D eigenvalue weighted by Gasteiger charge is 2.06. The largest absolute Gasteiger partial charge is 0.260 e. The van der Waals surface area contributed by atoms with Gasteiger partial charge >= 0.3 is 0 Å². The molecule has 0 aliphatic rings. The van der Waals surface area contributed by atoms with Crippen molar-refractivity contribution in [1.29, 1.82) is 5.26 Å². The Morgan fingerprint density at radius 1 is 1.67 bits per heavy atom. The summed E-state index contributed by atoms with van der Waals surface area (Å²) in [5.74, 6) is 0. The zero-order valence-corrected chi connectivity index (χ0v) is 8.64. The first-order chi connectivity index (χ1) is 5.70. The molecule has 0 spiro atoms. The lowest BCUT2D eigenvalue weighted by molar-refractivity contribution is 0.998. The van der Waals surface area contributed by atoms with Gasteiger partial charge in [-0.1, -0.05) is 6.92 Å². The first-order valence-corrected chi connectivity index (χ1v) is 4.54. The van der Waals surface area contributed by atoms with Crippen LogP contribution in [0.1, 0.15) is 23.7 Å². The van der Waals surface area contributed by atoms with Gasteiger partial charge in [0.25, 0.3) is 0 Å². The van der Waals surface area contributed by atoms with Crippen LogP contribution in [-0.4, -0.2) is 4.98 Å². The summed E-state index contributed by atoms with van der Waals surface area (Å²) in [6, 6.07) is 2.08. The van der Waals surface area contributed by atoms with E-state index >= 15 is 0 Å². The Labute approximate surface area is 80.4 Å². The Morgan fingerprint density at radius 2 is 2.33 bits per heavy atom. The van der Waals surface area contributed by atoms with E-state index < -0.39 is 0 Å². The molecular weight excluding hydrogens is 216 g/mol. The minimum absolute atomic E-state index is 0.602. The average Bonchev–Trinajstić information content (AvgIpc) is 2.10. The maximum atomic E-state index is 8.69. The van der Waals surface area contributed by atoms with Crippen molar-refractivity contribution in [2.24, 2.45) is 0 Å². The number of nitrogens with zero attached hydrogens (tertiary/aromatic N) is 2. The predicted molar refractivity (Wildman–Crippen MR) is 50.8 cm³/mol. The summed E-state index contributed by atoms with van der Waals surface area (Å²) in [6.45, 7) is 4.02. The van der Waals surface area contributed by atoms with Crippen molar-refractivity contribution in [3.63, 3.8) is 0 Å². The number of aromatic nitrogens is 1. The smallest absolute Gasteiger partial charge is 0.102 e. The Kier molecular flexibility index (Phi) is 2.83. The fourth-order valence-corrected chi connectivity index (χ4v) is 1.48. The normalized spacial score (nSPS) is 9.50. The van der Waals surface area contributed by atoms with Gasteiger partial charge in [0.2, 0.25) is 0 Å². The molecule has 1 aromatic rings. The molecule has 0 amide bonds. The van der Waals surface area contributed by atoms with Crippen LogP contribution in [0.4, 0.5) is 0 Å². The lowest BCUT2D eigenvalue weighted by Gasteiger charge is -2.04. The molecule has 0 bridgehead atoms. The Balaban J connectivity index is 3.32. The number of rotatable bonds is 1. The molecule has 62 valence electrons. The highest BCUT2D eigenvalue weighted by atomic mass is 79.9. The maximum absolute atomic E-state index is 8.69. The van der Waals surface area contributed by atoms with Crippen LogP contribution in [0, 0.1) is 18.3 Å². The van der Waals surface area contributed by atoms with Gasteiger partial charge in [0, 0.05) is 16.4 Å². The van der Waals surface area contributed by atoms with Crippen molar-refractivity contribution in [2.75, 3.05) is 0 Å². The molecule has 0 aromatic carbocycles. The van der Waals surface area contributed by atoms with Crippen LogP contribution in [0.2, 0.25) is 0 Å². The van der Waals surface area contributed by atoms with Crippen LogP contribution in [0.3, 0.4) is 0 Å². The minimum atomic E-state index is 0.602. The topological polar surface area (TPSA) is 36.7 Å². The third kappa shape index (κ3) is 1.49. The summed E-state index contributed by atoms with van der Waals surface area (Å²) in [5.41, 5.74) is 2.71. The summed E-state index contributed by atoms with van der Waals surface area (Å²) < 4.78 is 0.872. The molecule has 0 saturated heterocycles. The SMILES string of the molecule is CCc1ncc(C#N)c(Br)c1C. The van der Waals surface area contributed by atoms with E-state index in [1.54, 1.807) is 6.20 Å². The van der Waals surface area contributed by atoms with E-state index in [0.29, 0.717) is 5.56 Å². The van der Waals surface area contributed by atoms with Crippen LogP contribution in [0.5, 0.6) is 0 Å². The zero-order chi connectivity index (χ0) is 9.14. The van der Waals surface area contributed by atoms with E-state index in [9.17, 15) is 0 Å². The van der Waals surface area contributed by atoms with Crippen LogP contribution >= 0.6 is 15.9 Å². The predicted octanol–water partition coefficient (Wildman–Crippen LogP) is 2.59. The Bertz CT molecular complexity index is 339. The molecule has 12 heavy (non-hydrogen) atoms. The van der Waals surface area contributed by atoms with Crippen molar-refractivity contribution in [2.45, 2.75) is 20.3 Å². The van der Waals surface area contributed by atoms with Gasteiger partial charge in [0.1, 0.15) is 6.07 Å². The number of halogens is 1. The van der Waals surface area contributed by atoms with E-state index in [1.165, 1.54) is 0 Å². The summed E-state index contributed by atoms with van der Waals surface area (Å²) in [7, 11) is 0. The Morgan fingerprint density at radius 3 is 2.83 bits per heavy atom. The first-order valence-electron chi connectivity index (χ1n) is 3.74. The molecule has 1 rings (SSSR count). The summed E-state index contributed by atoms with van der Waals surface area (Å²) >= 11 is 3.37. The maximum Gasteiger partial charge on any atom is 0.102 e. The minimum Gasteiger partial charge on any atom is -0.260 e. The second kappa shape index (κ2) is 3.68. The first kappa shape index (κ1) is 9.21. The van der Waals surface area contributed by atoms with Gasteiger partial charge in [-0.05, 0) is 34.8 Å². The highest BCUT2D eigenvalue weighted by molar-refractivity contribution is 9.10. The van der Waals surface area contributed by atoms with E-state index in [1.807, 2.05) is 13.8 Å². The molecule has 0 fully saturated rings. The molecule has 0 aliphatic carbocycles. The molecule has 1 heterocycles. The summed E-state index contributed by atoms with van der Waals surface area (Å²) in [5, 5.41) is 8.69. The second-order valence-corrected chi connectivity index (χ2v) is 3.32. The van der Waals surface area contributed by atoms with Crippen molar-refractivity contribution in [3.8, 4) is 6.07 Å².